The quantitative estimate of drug-likeness (QED) is 0.627. The second-order valence-electron chi connectivity index (χ2n) is 6.62. The van der Waals surface area contributed by atoms with Crippen molar-refractivity contribution in [2.45, 2.75) is 45.8 Å². The number of hydrogen-bond acceptors (Lipinski definition) is 7. The van der Waals surface area contributed by atoms with Crippen LogP contribution in [0.4, 0.5) is 0 Å². The van der Waals surface area contributed by atoms with Crippen LogP contribution in [0.15, 0.2) is 11.0 Å². The van der Waals surface area contributed by atoms with Crippen LogP contribution in [-0.4, -0.2) is 49.5 Å². The average molecular weight is 352 g/mol. The van der Waals surface area contributed by atoms with E-state index in [9.17, 15) is 4.79 Å². The summed E-state index contributed by atoms with van der Waals surface area (Å²) in [5.41, 5.74) is 2.04. The molecule has 1 aliphatic heterocycles. The highest BCUT2D eigenvalue weighted by molar-refractivity contribution is 7.11. The number of nitrogens with zero attached hydrogens (tertiary/aromatic N) is 1. The van der Waals surface area contributed by atoms with Gasteiger partial charge in [0.25, 0.3) is 0 Å². The van der Waals surface area contributed by atoms with Gasteiger partial charge in [-0.3, -0.25) is 0 Å². The van der Waals surface area contributed by atoms with Gasteiger partial charge in [0.15, 0.2) is 5.69 Å². The fourth-order valence-corrected chi connectivity index (χ4v) is 3.02. The van der Waals surface area contributed by atoms with E-state index >= 15 is 0 Å². The predicted octanol–water partition coefficient (Wildman–Crippen LogP) is 2.55. The summed E-state index contributed by atoms with van der Waals surface area (Å²) in [5, 5.41) is 3.13. The Labute approximate surface area is 147 Å². The van der Waals surface area contributed by atoms with Crippen molar-refractivity contribution in [3.05, 3.63) is 21.6 Å². The van der Waals surface area contributed by atoms with Gasteiger partial charge in [-0.05, 0) is 53.2 Å². The van der Waals surface area contributed by atoms with E-state index in [-0.39, 0.29) is 0 Å². The van der Waals surface area contributed by atoms with E-state index in [0.29, 0.717) is 18.8 Å². The van der Waals surface area contributed by atoms with Gasteiger partial charge >= 0.3 is 13.1 Å². The second kappa shape index (κ2) is 7.35. The molecule has 0 radical (unpaired) electrons. The molecule has 0 bridgehead atoms. The lowest BCUT2D eigenvalue weighted by Gasteiger charge is -2.32. The van der Waals surface area contributed by atoms with E-state index in [1.165, 1.54) is 11.3 Å². The van der Waals surface area contributed by atoms with Gasteiger partial charge in [0, 0.05) is 6.54 Å². The van der Waals surface area contributed by atoms with Crippen molar-refractivity contribution >= 4 is 30.5 Å². The number of thiazole rings is 1. The number of likely N-dealkylation sites (N-methyl/N-ethyl adjacent to an activating group) is 1. The van der Waals surface area contributed by atoms with Crippen LogP contribution >= 0.6 is 11.3 Å². The van der Waals surface area contributed by atoms with Gasteiger partial charge in [0.05, 0.1) is 28.2 Å². The van der Waals surface area contributed by atoms with E-state index < -0.39 is 24.3 Å². The van der Waals surface area contributed by atoms with Crippen LogP contribution in [0, 0.1) is 0 Å². The third-order valence-corrected chi connectivity index (χ3v) is 5.09. The summed E-state index contributed by atoms with van der Waals surface area (Å²) in [5.74, 6) is -0.414. The Balaban J connectivity index is 2.31. The first-order valence-corrected chi connectivity index (χ1v) is 8.91. The molecule has 1 saturated heterocycles. The first kappa shape index (κ1) is 19.1. The third-order valence-electron chi connectivity index (χ3n) is 4.32. The van der Waals surface area contributed by atoms with Gasteiger partial charge in [-0.25, -0.2) is 9.78 Å². The Hall–Kier alpha value is -1.22. The maximum Gasteiger partial charge on any atom is 0.491 e. The molecule has 2 heterocycles. The van der Waals surface area contributed by atoms with Crippen molar-refractivity contribution < 1.29 is 18.8 Å². The molecule has 0 unspecified atom stereocenters. The Kier molecular flexibility index (Phi) is 5.85. The monoisotopic (exact) mass is 352 g/mol. The number of aromatic nitrogens is 1. The fraction of sp³-hybridized carbons (Fsp3) is 0.625. The maximum atomic E-state index is 12.0. The van der Waals surface area contributed by atoms with Crippen molar-refractivity contribution in [1.29, 1.82) is 0 Å². The highest BCUT2D eigenvalue weighted by atomic mass is 32.1. The first-order valence-electron chi connectivity index (χ1n) is 8.03. The number of rotatable bonds is 6. The molecule has 1 aromatic rings. The van der Waals surface area contributed by atoms with E-state index in [0.717, 1.165) is 10.3 Å². The Morgan fingerprint density at radius 2 is 2.00 bits per heavy atom. The van der Waals surface area contributed by atoms with Crippen molar-refractivity contribution in [2.24, 2.45) is 0 Å². The number of ether oxygens (including phenoxy) is 1. The lowest BCUT2D eigenvalue weighted by Crippen LogP contribution is -2.41. The standard InChI is InChI=1S/C16H25BN2O4S/c1-7-21-14(20)13-12(24-10-19-13)8-11(9-18-6)17-22-15(2,3)16(4,5)23-17/h8,10,18H,7,9H2,1-6H3. The van der Waals surface area contributed by atoms with Gasteiger partial charge in [0.2, 0.25) is 0 Å². The summed E-state index contributed by atoms with van der Waals surface area (Å²) in [4.78, 5) is 16.9. The fourth-order valence-electron chi connectivity index (χ4n) is 2.28. The molecule has 0 spiro atoms. The lowest BCUT2D eigenvalue weighted by atomic mass is 9.77. The van der Waals surface area contributed by atoms with E-state index in [1.54, 1.807) is 12.4 Å². The molecule has 0 amide bonds. The zero-order valence-corrected chi connectivity index (χ0v) is 16.0. The van der Waals surface area contributed by atoms with Gasteiger partial charge in [-0.2, -0.15) is 0 Å². The van der Waals surface area contributed by atoms with Crippen molar-refractivity contribution in [1.82, 2.24) is 10.3 Å². The maximum absolute atomic E-state index is 12.0. The summed E-state index contributed by atoms with van der Waals surface area (Å²) in [7, 11) is 1.39. The summed E-state index contributed by atoms with van der Waals surface area (Å²) in [6.07, 6.45) is 1.91. The zero-order valence-electron chi connectivity index (χ0n) is 15.1. The molecule has 0 saturated carbocycles. The van der Waals surface area contributed by atoms with Gasteiger partial charge < -0.3 is 19.4 Å². The molecule has 1 fully saturated rings. The van der Waals surface area contributed by atoms with Crippen molar-refractivity contribution in [3.8, 4) is 0 Å². The normalized spacial score (nSPS) is 19.6. The number of carbonyl (C=O) groups is 1. The highest BCUT2D eigenvalue weighted by Gasteiger charge is 2.52. The molecule has 1 aliphatic rings. The third kappa shape index (κ3) is 3.88. The molecule has 24 heavy (non-hydrogen) atoms. The largest absolute Gasteiger partial charge is 0.491 e. The van der Waals surface area contributed by atoms with Crippen LogP contribution in [0.1, 0.15) is 50.0 Å². The molecular formula is C16H25BN2O4S. The summed E-state index contributed by atoms with van der Waals surface area (Å²) in [6, 6.07) is 0. The number of nitrogens with one attached hydrogen (secondary N) is 1. The first-order chi connectivity index (χ1) is 11.2. The molecule has 0 aliphatic carbocycles. The minimum absolute atomic E-state index is 0.320. The van der Waals surface area contributed by atoms with Crippen LogP contribution in [0.5, 0.6) is 0 Å². The van der Waals surface area contributed by atoms with E-state index in [2.05, 4.69) is 10.3 Å². The lowest BCUT2D eigenvalue weighted by molar-refractivity contribution is 0.00578. The minimum atomic E-state index is -0.473. The number of carbonyl (C=O) groups excluding carboxylic acids is 1. The predicted molar refractivity (Wildman–Crippen MR) is 96.1 cm³/mol. The molecule has 1 N–H and O–H groups in total. The summed E-state index contributed by atoms with van der Waals surface area (Å²) in [6.45, 7) is 10.7. The highest BCUT2D eigenvalue weighted by Crippen LogP contribution is 2.39. The molecule has 8 heteroatoms. The van der Waals surface area contributed by atoms with Crippen LogP contribution in [-0.2, 0) is 14.0 Å². The van der Waals surface area contributed by atoms with Crippen molar-refractivity contribution in [3.63, 3.8) is 0 Å². The second-order valence-corrected chi connectivity index (χ2v) is 7.51. The molecule has 1 aromatic heterocycles. The topological polar surface area (TPSA) is 69.7 Å². The Bertz CT molecular complexity index is 611. The summed E-state index contributed by atoms with van der Waals surface area (Å²) >= 11 is 1.39. The molecule has 6 nitrogen and oxygen atoms in total. The van der Waals surface area contributed by atoms with E-state index in [4.69, 9.17) is 14.0 Å². The Morgan fingerprint density at radius 3 is 2.54 bits per heavy atom. The molecule has 0 atom stereocenters. The van der Waals surface area contributed by atoms with Crippen molar-refractivity contribution in [2.75, 3.05) is 20.2 Å². The molecule has 132 valence electrons. The SMILES string of the molecule is CCOC(=O)c1ncsc1C=C(CNC)B1OC(C)(C)C(C)(C)O1. The van der Waals surface area contributed by atoms with Crippen LogP contribution < -0.4 is 5.32 Å². The van der Waals surface area contributed by atoms with Crippen LogP contribution in [0.3, 0.4) is 0 Å². The summed E-state index contributed by atoms with van der Waals surface area (Å²) < 4.78 is 17.3. The smallest absolute Gasteiger partial charge is 0.461 e. The minimum Gasteiger partial charge on any atom is -0.461 e. The zero-order chi connectivity index (χ0) is 18.0. The van der Waals surface area contributed by atoms with Crippen LogP contribution in [0.2, 0.25) is 0 Å². The molecular weight excluding hydrogens is 327 g/mol. The number of esters is 1. The van der Waals surface area contributed by atoms with Gasteiger partial charge in [0.1, 0.15) is 0 Å². The van der Waals surface area contributed by atoms with E-state index in [1.807, 2.05) is 40.8 Å². The molecule has 0 aromatic carbocycles. The Morgan fingerprint density at radius 1 is 1.38 bits per heavy atom. The molecule has 2 rings (SSSR count). The van der Waals surface area contributed by atoms with Gasteiger partial charge in [-0.15, -0.1) is 11.3 Å². The number of hydrogen-bond donors (Lipinski definition) is 1. The van der Waals surface area contributed by atoms with Gasteiger partial charge in [-0.1, -0.05) is 0 Å². The average Bonchev–Trinajstić information content (AvgIpc) is 3.01. The van der Waals surface area contributed by atoms with Crippen LogP contribution in [0.25, 0.3) is 6.08 Å².